The van der Waals surface area contributed by atoms with E-state index in [1.165, 1.54) is 13.3 Å². The van der Waals surface area contributed by atoms with Crippen LogP contribution in [0.3, 0.4) is 0 Å². The first-order chi connectivity index (χ1) is 13.4. The number of aryl methyl sites for hydroxylation is 2. The van der Waals surface area contributed by atoms with Crippen molar-refractivity contribution in [2.24, 2.45) is 7.05 Å². The lowest BCUT2D eigenvalue weighted by atomic mass is 10.1. The summed E-state index contributed by atoms with van der Waals surface area (Å²) in [4.78, 5) is 23.8. The van der Waals surface area contributed by atoms with E-state index in [9.17, 15) is 14.7 Å². The average molecular weight is 381 g/mol. The maximum atomic E-state index is 12.3. The first-order valence-electron chi connectivity index (χ1n) is 8.77. The maximum absolute atomic E-state index is 12.3. The number of aromatic nitrogens is 5. The number of hydrogen-bond donors (Lipinski definition) is 1. The van der Waals surface area contributed by atoms with Crippen molar-refractivity contribution in [3.8, 4) is 5.69 Å². The van der Waals surface area contributed by atoms with Crippen LogP contribution in [0.4, 0.5) is 0 Å². The molecule has 28 heavy (non-hydrogen) atoms. The monoisotopic (exact) mass is 381 g/mol. The Hall–Kier alpha value is -3.49. The van der Waals surface area contributed by atoms with Crippen molar-refractivity contribution in [3.05, 3.63) is 58.7 Å². The van der Waals surface area contributed by atoms with Crippen LogP contribution in [-0.4, -0.2) is 48.9 Å². The molecule has 0 saturated heterocycles. The van der Waals surface area contributed by atoms with Gasteiger partial charge in [0.25, 0.3) is 0 Å². The van der Waals surface area contributed by atoms with Crippen molar-refractivity contribution in [2.45, 2.75) is 25.2 Å². The number of carboxylic acid groups (broad SMARTS) is 1. The zero-order valence-corrected chi connectivity index (χ0v) is 15.7. The Bertz CT molecular complexity index is 1080. The molecular weight excluding hydrogens is 362 g/mol. The van der Waals surface area contributed by atoms with Gasteiger partial charge in [0.2, 0.25) is 0 Å². The second-order valence-electron chi connectivity index (χ2n) is 6.92. The number of esters is 1. The highest BCUT2D eigenvalue weighted by molar-refractivity contribution is 5.91. The Morgan fingerprint density at radius 1 is 1.25 bits per heavy atom. The molecule has 1 saturated carbocycles. The Labute approximate surface area is 160 Å². The van der Waals surface area contributed by atoms with E-state index in [1.807, 2.05) is 6.20 Å². The first kappa shape index (κ1) is 17.9. The van der Waals surface area contributed by atoms with Gasteiger partial charge in [0.1, 0.15) is 5.56 Å². The molecule has 9 heteroatoms. The van der Waals surface area contributed by atoms with Gasteiger partial charge >= 0.3 is 11.9 Å². The molecular formula is C19H19N5O4. The van der Waals surface area contributed by atoms with E-state index in [4.69, 9.17) is 4.74 Å². The molecule has 4 rings (SSSR count). The van der Waals surface area contributed by atoms with Crippen molar-refractivity contribution in [2.75, 3.05) is 7.11 Å². The Kier molecular flexibility index (Phi) is 4.21. The van der Waals surface area contributed by atoms with Crippen LogP contribution in [0.15, 0.2) is 30.6 Å². The highest BCUT2D eigenvalue weighted by Crippen LogP contribution is 2.55. The summed E-state index contributed by atoms with van der Waals surface area (Å²) in [5.41, 5.74) is 3.35. The third-order valence-electron chi connectivity index (χ3n) is 5.05. The van der Waals surface area contributed by atoms with E-state index in [-0.39, 0.29) is 17.4 Å². The van der Waals surface area contributed by atoms with Gasteiger partial charge in [-0.1, -0.05) is 11.3 Å². The predicted molar refractivity (Wildman–Crippen MR) is 97.7 cm³/mol. The molecule has 0 aliphatic heterocycles. The van der Waals surface area contributed by atoms with Gasteiger partial charge in [-0.15, -0.1) is 5.10 Å². The molecule has 2 aromatic heterocycles. The fourth-order valence-electron chi connectivity index (χ4n) is 3.52. The van der Waals surface area contributed by atoms with Crippen molar-refractivity contribution < 1.29 is 19.4 Å². The third kappa shape index (κ3) is 2.94. The summed E-state index contributed by atoms with van der Waals surface area (Å²) in [5.74, 6) is -1.35. The lowest BCUT2D eigenvalue weighted by Gasteiger charge is -2.11. The molecule has 1 aliphatic rings. The molecule has 0 radical (unpaired) electrons. The lowest BCUT2D eigenvalue weighted by Crippen LogP contribution is -2.09. The van der Waals surface area contributed by atoms with Gasteiger partial charge in [0.15, 0.2) is 0 Å². The minimum absolute atomic E-state index is 0.0166. The summed E-state index contributed by atoms with van der Waals surface area (Å²) in [7, 11) is 3.13. The lowest BCUT2D eigenvalue weighted by molar-refractivity contribution is 0.0598. The fraction of sp³-hybridized carbons (Fsp3) is 0.316. The van der Waals surface area contributed by atoms with E-state index >= 15 is 0 Å². The van der Waals surface area contributed by atoms with Crippen LogP contribution >= 0.6 is 0 Å². The molecule has 0 spiro atoms. The quantitative estimate of drug-likeness (QED) is 0.673. The van der Waals surface area contributed by atoms with Crippen molar-refractivity contribution in [1.82, 2.24) is 24.8 Å². The van der Waals surface area contributed by atoms with E-state index in [0.29, 0.717) is 22.5 Å². The van der Waals surface area contributed by atoms with Gasteiger partial charge in [-0.2, -0.15) is 5.10 Å². The Morgan fingerprint density at radius 2 is 2.04 bits per heavy atom. The molecule has 2 heterocycles. The second-order valence-corrected chi connectivity index (χ2v) is 6.92. The molecule has 0 amide bonds. The third-order valence-corrected chi connectivity index (χ3v) is 5.05. The molecule has 1 aliphatic carbocycles. The average Bonchev–Trinajstić information content (AvgIpc) is 3.13. The topological polar surface area (TPSA) is 112 Å². The van der Waals surface area contributed by atoms with Crippen LogP contribution in [-0.2, 0) is 11.8 Å². The standard InChI is InChI=1S/C19H19N5O4/c1-10-4-5-11(6-12(10)18(25)26)24-17(15(8-20-24)19(27)28-3)14-7-13(14)16-9-23(2)22-21-16/h4-6,8-9,13-14H,7H2,1-3H3,(H,25,26)/t13-,14-/m1/s1. The highest BCUT2D eigenvalue weighted by Gasteiger charge is 2.46. The Balaban J connectivity index is 1.79. The Morgan fingerprint density at radius 3 is 2.68 bits per heavy atom. The summed E-state index contributed by atoms with van der Waals surface area (Å²) in [6.07, 6.45) is 4.12. The van der Waals surface area contributed by atoms with Crippen LogP contribution in [0, 0.1) is 6.92 Å². The van der Waals surface area contributed by atoms with Gasteiger partial charge in [0, 0.05) is 25.1 Å². The molecule has 144 valence electrons. The summed E-state index contributed by atoms with van der Waals surface area (Å²) >= 11 is 0. The molecule has 1 fully saturated rings. The molecule has 1 N–H and O–H groups in total. The van der Waals surface area contributed by atoms with Crippen molar-refractivity contribution in [3.63, 3.8) is 0 Å². The van der Waals surface area contributed by atoms with E-state index < -0.39 is 11.9 Å². The van der Waals surface area contributed by atoms with Gasteiger partial charge in [-0.25, -0.2) is 14.3 Å². The molecule has 3 aromatic rings. The molecule has 0 bridgehead atoms. The summed E-state index contributed by atoms with van der Waals surface area (Å²) in [6, 6.07) is 5.09. The zero-order chi connectivity index (χ0) is 20.0. The fourth-order valence-corrected chi connectivity index (χ4v) is 3.52. The van der Waals surface area contributed by atoms with Gasteiger partial charge in [0.05, 0.1) is 35.9 Å². The normalized spacial score (nSPS) is 18.1. The number of carbonyl (C=O) groups is 2. The van der Waals surface area contributed by atoms with Crippen LogP contribution < -0.4 is 0 Å². The maximum Gasteiger partial charge on any atom is 0.341 e. The summed E-state index contributed by atoms with van der Waals surface area (Å²) in [6.45, 7) is 1.74. The predicted octanol–water partition coefficient (Wildman–Crippen LogP) is 2.07. The minimum atomic E-state index is -1.01. The number of rotatable bonds is 5. The number of nitrogens with zero attached hydrogens (tertiary/aromatic N) is 5. The van der Waals surface area contributed by atoms with E-state index in [2.05, 4.69) is 15.4 Å². The number of carbonyl (C=O) groups excluding carboxylic acids is 1. The van der Waals surface area contributed by atoms with Crippen LogP contribution in [0.25, 0.3) is 5.69 Å². The van der Waals surface area contributed by atoms with Crippen molar-refractivity contribution >= 4 is 11.9 Å². The summed E-state index contributed by atoms with van der Waals surface area (Å²) in [5, 5.41) is 21.9. The number of hydrogen-bond acceptors (Lipinski definition) is 6. The smallest absolute Gasteiger partial charge is 0.341 e. The minimum Gasteiger partial charge on any atom is -0.478 e. The largest absolute Gasteiger partial charge is 0.478 e. The number of carboxylic acids is 1. The zero-order valence-electron chi connectivity index (χ0n) is 15.7. The number of aromatic carboxylic acids is 1. The summed E-state index contributed by atoms with van der Waals surface area (Å²) < 4.78 is 8.18. The van der Waals surface area contributed by atoms with Crippen LogP contribution in [0.2, 0.25) is 0 Å². The number of ether oxygens (including phenoxy) is 1. The first-order valence-corrected chi connectivity index (χ1v) is 8.77. The van der Waals surface area contributed by atoms with Crippen LogP contribution in [0.1, 0.15) is 55.9 Å². The highest BCUT2D eigenvalue weighted by atomic mass is 16.5. The molecule has 1 aromatic carbocycles. The van der Waals surface area contributed by atoms with Gasteiger partial charge < -0.3 is 9.84 Å². The number of benzene rings is 1. The molecule has 0 unspecified atom stereocenters. The molecule has 9 nitrogen and oxygen atoms in total. The van der Waals surface area contributed by atoms with Gasteiger partial charge in [-0.3, -0.25) is 4.68 Å². The van der Waals surface area contributed by atoms with E-state index in [0.717, 1.165) is 12.1 Å². The second kappa shape index (κ2) is 6.59. The van der Waals surface area contributed by atoms with Crippen molar-refractivity contribution in [1.29, 1.82) is 0 Å². The van der Waals surface area contributed by atoms with E-state index in [1.54, 1.807) is 41.5 Å². The number of methoxy groups -OCH3 is 1. The van der Waals surface area contributed by atoms with Crippen LogP contribution in [0.5, 0.6) is 0 Å². The SMILES string of the molecule is COC(=O)c1cnn(-c2ccc(C)c(C(=O)O)c2)c1[C@@H]1C[C@H]1c1cn(C)nn1. The van der Waals surface area contributed by atoms with Gasteiger partial charge in [-0.05, 0) is 31.0 Å². The molecule has 2 atom stereocenters.